The molecule has 1 amide bonds. The van der Waals surface area contributed by atoms with E-state index >= 15 is 0 Å². The Morgan fingerprint density at radius 3 is 2.50 bits per heavy atom. The second-order valence-corrected chi connectivity index (χ2v) is 5.51. The van der Waals surface area contributed by atoms with Crippen LogP contribution in [-0.4, -0.2) is 11.5 Å². The molecule has 0 spiro atoms. The molecule has 100 valence electrons. The van der Waals surface area contributed by atoms with Crippen LogP contribution < -0.4 is 10.1 Å². The molecule has 0 saturated heterocycles. The van der Waals surface area contributed by atoms with Gasteiger partial charge in [0, 0.05) is 5.92 Å². The van der Waals surface area contributed by atoms with Gasteiger partial charge < -0.3 is 10.1 Å². The lowest BCUT2D eigenvalue weighted by atomic mass is 10.1. The van der Waals surface area contributed by atoms with Gasteiger partial charge in [0.05, 0.1) is 5.69 Å². The van der Waals surface area contributed by atoms with Gasteiger partial charge in [0.1, 0.15) is 11.4 Å². The lowest BCUT2D eigenvalue weighted by Crippen LogP contribution is -2.25. The van der Waals surface area contributed by atoms with Gasteiger partial charge in [0.2, 0.25) is 5.91 Å². The number of hydrogen-bond acceptors (Lipinski definition) is 2. The van der Waals surface area contributed by atoms with Gasteiger partial charge in [-0.3, -0.25) is 4.79 Å². The smallest absolute Gasteiger partial charge is 0.227 e. The minimum absolute atomic E-state index is 0.00712. The van der Waals surface area contributed by atoms with Crippen molar-refractivity contribution in [2.24, 2.45) is 5.92 Å². The summed E-state index contributed by atoms with van der Waals surface area (Å²) < 4.78 is 5.83. The summed E-state index contributed by atoms with van der Waals surface area (Å²) in [5.74, 6) is 0.747. The maximum absolute atomic E-state index is 11.9. The zero-order chi connectivity index (χ0) is 13.8. The fraction of sp³-hybridized carbons (Fsp3) is 0.533. The molecule has 3 heteroatoms. The molecule has 0 radical (unpaired) electrons. The van der Waals surface area contributed by atoms with Crippen molar-refractivity contribution in [3.63, 3.8) is 0 Å². The second kappa shape index (κ2) is 5.89. The summed E-state index contributed by atoms with van der Waals surface area (Å²) in [7, 11) is 0. The highest BCUT2D eigenvalue weighted by Crippen LogP contribution is 2.28. The quantitative estimate of drug-likeness (QED) is 0.880. The average molecular weight is 249 g/mol. The molecule has 0 aromatic heterocycles. The Hall–Kier alpha value is -1.51. The Labute approximate surface area is 110 Å². The van der Waals surface area contributed by atoms with E-state index in [1.165, 1.54) is 0 Å². The molecule has 0 aliphatic heterocycles. The first-order valence-corrected chi connectivity index (χ1v) is 6.42. The third-order valence-electron chi connectivity index (χ3n) is 2.62. The van der Waals surface area contributed by atoms with E-state index in [9.17, 15) is 4.79 Å². The summed E-state index contributed by atoms with van der Waals surface area (Å²) in [4.78, 5) is 11.9. The van der Waals surface area contributed by atoms with E-state index in [1.54, 1.807) is 0 Å². The lowest BCUT2D eigenvalue weighted by molar-refractivity contribution is -0.119. The number of nitrogens with one attached hydrogen (secondary N) is 1. The topological polar surface area (TPSA) is 38.3 Å². The van der Waals surface area contributed by atoms with Crippen LogP contribution in [0.1, 0.15) is 41.0 Å². The number of carbonyl (C=O) groups is 1. The first-order chi connectivity index (χ1) is 8.33. The predicted octanol–water partition coefficient (Wildman–Crippen LogP) is 3.85. The van der Waals surface area contributed by atoms with Crippen LogP contribution in [0.2, 0.25) is 0 Å². The van der Waals surface area contributed by atoms with Gasteiger partial charge in [-0.1, -0.05) is 26.0 Å². The van der Waals surface area contributed by atoms with E-state index in [2.05, 4.69) is 5.32 Å². The van der Waals surface area contributed by atoms with Crippen molar-refractivity contribution in [2.45, 2.75) is 46.6 Å². The molecule has 0 aliphatic rings. The monoisotopic (exact) mass is 249 g/mol. The standard InChI is InChI=1S/C15H23NO2/c1-6-11(2)14(17)16-12-9-7-8-10-13(12)18-15(3,4)5/h7-11H,6H2,1-5H3,(H,16,17). The van der Waals surface area contributed by atoms with Gasteiger partial charge in [-0.2, -0.15) is 0 Å². The molecule has 3 nitrogen and oxygen atoms in total. The highest BCUT2D eigenvalue weighted by atomic mass is 16.5. The molecule has 1 aromatic carbocycles. The minimum Gasteiger partial charge on any atom is -0.486 e. The van der Waals surface area contributed by atoms with Gasteiger partial charge in [0.15, 0.2) is 0 Å². The number of hydrogen-bond donors (Lipinski definition) is 1. The van der Waals surface area contributed by atoms with Crippen molar-refractivity contribution < 1.29 is 9.53 Å². The molecule has 0 aliphatic carbocycles. The van der Waals surface area contributed by atoms with Gasteiger partial charge in [-0.15, -0.1) is 0 Å². The van der Waals surface area contributed by atoms with Crippen LogP contribution in [0.4, 0.5) is 5.69 Å². The molecule has 0 bridgehead atoms. The minimum atomic E-state index is -0.281. The Bertz CT molecular complexity index is 407. The molecule has 1 unspecified atom stereocenters. The van der Waals surface area contributed by atoms with E-state index in [4.69, 9.17) is 4.74 Å². The van der Waals surface area contributed by atoms with Crippen molar-refractivity contribution in [2.75, 3.05) is 5.32 Å². The summed E-state index contributed by atoms with van der Waals surface area (Å²) in [6.45, 7) is 9.88. The first-order valence-electron chi connectivity index (χ1n) is 6.42. The van der Waals surface area contributed by atoms with Crippen LogP contribution in [0.3, 0.4) is 0 Å². The predicted molar refractivity (Wildman–Crippen MR) is 74.9 cm³/mol. The Balaban J connectivity index is 2.86. The van der Waals surface area contributed by atoms with Crippen LogP contribution >= 0.6 is 0 Å². The number of benzene rings is 1. The van der Waals surface area contributed by atoms with E-state index in [0.29, 0.717) is 5.75 Å². The average Bonchev–Trinajstić information content (AvgIpc) is 2.28. The SMILES string of the molecule is CCC(C)C(=O)Nc1ccccc1OC(C)(C)C. The third-order valence-corrected chi connectivity index (χ3v) is 2.62. The first kappa shape index (κ1) is 14.6. The van der Waals surface area contributed by atoms with Crippen molar-refractivity contribution in [3.8, 4) is 5.75 Å². The molecule has 18 heavy (non-hydrogen) atoms. The number of carbonyl (C=O) groups excluding carboxylic acids is 1. The van der Waals surface area contributed by atoms with E-state index in [-0.39, 0.29) is 17.4 Å². The van der Waals surface area contributed by atoms with E-state index in [1.807, 2.05) is 58.9 Å². The number of rotatable bonds is 4. The molecule has 1 atom stereocenters. The molecule has 0 fully saturated rings. The van der Waals surface area contributed by atoms with Crippen LogP contribution in [0.15, 0.2) is 24.3 Å². The molecular weight excluding hydrogens is 226 g/mol. The summed E-state index contributed by atoms with van der Waals surface area (Å²) in [6, 6.07) is 7.53. The Morgan fingerprint density at radius 1 is 1.33 bits per heavy atom. The van der Waals surface area contributed by atoms with E-state index in [0.717, 1.165) is 12.1 Å². The normalized spacial score (nSPS) is 12.9. The maximum atomic E-state index is 11.9. The highest BCUT2D eigenvalue weighted by molar-refractivity contribution is 5.93. The molecule has 1 rings (SSSR count). The summed E-state index contributed by atoms with van der Waals surface area (Å²) in [5.41, 5.74) is 0.453. The lowest BCUT2D eigenvalue weighted by Gasteiger charge is -2.23. The number of anilines is 1. The van der Waals surface area contributed by atoms with Crippen molar-refractivity contribution in [1.29, 1.82) is 0 Å². The molecule has 0 saturated carbocycles. The van der Waals surface area contributed by atoms with Crippen LogP contribution in [0.5, 0.6) is 5.75 Å². The van der Waals surface area contributed by atoms with Crippen LogP contribution in [0.25, 0.3) is 0 Å². The second-order valence-electron chi connectivity index (χ2n) is 5.51. The Morgan fingerprint density at radius 2 is 1.94 bits per heavy atom. The van der Waals surface area contributed by atoms with Crippen molar-refractivity contribution in [3.05, 3.63) is 24.3 Å². The van der Waals surface area contributed by atoms with Gasteiger partial charge in [-0.25, -0.2) is 0 Å². The zero-order valence-electron chi connectivity index (χ0n) is 11.9. The number of ether oxygens (including phenoxy) is 1. The summed E-state index contributed by atoms with van der Waals surface area (Å²) >= 11 is 0. The van der Waals surface area contributed by atoms with E-state index < -0.39 is 0 Å². The number of para-hydroxylation sites is 2. The van der Waals surface area contributed by atoms with Crippen LogP contribution in [-0.2, 0) is 4.79 Å². The van der Waals surface area contributed by atoms with Gasteiger partial charge in [0.25, 0.3) is 0 Å². The molecule has 0 heterocycles. The van der Waals surface area contributed by atoms with Crippen LogP contribution in [0, 0.1) is 5.92 Å². The maximum Gasteiger partial charge on any atom is 0.227 e. The number of amides is 1. The molecule has 1 N–H and O–H groups in total. The molecule has 1 aromatic rings. The third kappa shape index (κ3) is 4.40. The largest absolute Gasteiger partial charge is 0.486 e. The zero-order valence-corrected chi connectivity index (χ0v) is 11.9. The fourth-order valence-electron chi connectivity index (χ4n) is 1.43. The summed E-state index contributed by atoms with van der Waals surface area (Å²) in [6.07, 6.45) is 0.828. The highest BCUT2D eigenvalue weighted by Gasteiger charge is 2.17. The summed E-state index contributed by atoms with van der Waals surface area (Å²) in [5, 5.41) is 2.92. The van der Waals surface area contributed by atoms with Gasteiger partial charge >= 0.3 is 0 Å². The fourth-order valence-corrected chi connectivity index (χ4v) is 1.43. The van der Waals surface area contributed by atoms with Crippen molar-refractivity contribution in [1.82, 2.24) is 0 Å². The van der Waals surface area contributed by atoms with Crippen molar-refractivity contribution >= 4 is 11.6 Å². The Kier molecular flexibility index (Phi) is 4.76. The van der Waals surface area contributed by atoms with Gasteiger partial charge in [-0.05, 0) is 39.3 Å². The molecular formula is C15H23NO2.